The average Bonchev–Trinajstić information content (AvgIpc) is 3.09. The van der Waals surface area contributed by atoms with Crippen molar-refractivity contribution in [3.05, 3.63) is 59.8 Å². The number of pyridine rings is 1. The highest BCUT2D eigenvalue weighted by Gasteiger charge is 2.32. The molecule has 1 amide bonds. The largest absolute Gasteiger partial charge is 0.369 e. The number of nitrogens with zero attached hydrogens (tertiary/aromatic N) is 3. The van der Waals surface area contributed by atoms with Gasteiger partial charge in [0.15, 0.2) is 0 Å². The molecule has 0 aliphatic carbocycles. The highest BCUT2D eigenvalue weighted by atomic mass is 16.1. The van der Waals surface area contributed by atoms with Crippen molar-refractivity contribution in [1.29, 1.82) is 5.26 Å². The van der Waals surface area contributed by atoms with Crippen molar-refractivity contribution in [2.24, 2.45) is 11.7 Å². The van der Waals surface area contributed by atoms with E-state index in [0.717, 1.165) is 25.1 Å². The maximum atomic E-state index is 12.0. The summed E-state index contributed by atoms with van der Waals surface area (Å²) < 4.78 is 0. The van der Waals surface area contributed by atoms with Crippen LogP contribution in [0.3, 0.4) is 0 Å². The van der Waals surface area contributed by atoms with E-state index in [4.69, 9.17) is 11.0 Å². The Kier molecular flexibility index (Phi) is 5.26. The summed E-state index contributed by atoms with van der Waals surface area (Å²) >= 11 is 0. The zero-order chi connectivity index (χ0) is 17.6. The van der Waals surface area contributed by atoms with Crippen molar-refractivity contribution in [2.75, 3.05) is 25.0 Å². The van der Waals surface area contributed by atoms with Gasteiger partial charge >= 0.3 is 0 Å². The summed E-state index contributed by atoms with van der Waals surface area (Å²) in [5, 5.41) is 12.4. The second kappa shape index (κ2) is 7.77. The predicted molar refractivity (Wildman–Crippen MR) is 95.5 cm³/mol. The number of carbonyl (C=O) groups excluding carboxylic acids is 1. The highest BCUT2D eigenvalue weighted by molar-refractivity contribution is 5.81. The maximum Gasteiger partial charge on any atom is 0.239 e. The molecule has 1 aromatic heterocycles. The number of amides is 1. The maximum absolute atomic E-state index is 12.0. The summed E-state index contributed by atoms with van der Waals surface area (Å²) in [6, 6.07) is 14.9. The van der Waals surface area contributed by atoms with Gasteiger partial charge in [-0.05, 0) is 36.6 Å². The first-order valence-electron chi connectivity index (χ1n) is 8.36. The van der Waals surface area contributed by atoms with Crippen molar-refractivity contribution < 1.29 is 4.79 Å². The fourth-order valence-corrected chi connectivity index (χ4v) is 3.33. The molecule has 2 atom stereocenters. The Labute approximate surface area is 147 Å². The lowest BCUT2D eigenvalue weighted by Gasteiger charge is -2.25. The van der Waals surface area contributed by atoms with E-state index in [1.54, 1.807) is 18.3 Å². The third-order valence-electron chi connectivity index (χ3n) is 4.55. The zero-order valence-electron chi connectivity index (χ0n) is 13.9. The topological polar surface area (TPSA) is 95.0 Å². The molecule has 1 fully saturated rings. The molecule has 1 aliphatic rings. The molecular formula is C19H21N5O. The van der Waals surface area contributed by atoms with Gasteiger partial charge in [-0.1, -0.05) is 30.3 Å². The fraction of sp³-hybridized carbons (Fsp3) is 0.316. The van der Waals surface area contributed by atoms with Gasteiger partial charge in [-0.2, -0.15) is 5.26 Å². The van der Waals surface area contributed by atoms with Crippen molar-refractivity contribution in [1.82, 2.24) is 9.88 Å². The van der Waals surface area contributed by atoms with Crippen LogP contribution in [0, 0.1) is 17.2 Å². The number of aromatic nitrogens is 1. The summed E-state index contributed by atoms with van der Waals surface area (Å²) in [4.78, 5) is 18.3. The fourth-order valence-electron chi connectivity index (χ4n) is 3.33. The Morgan fingerprint density at radius 3 is 2.88 bits per heavy atom. The molecule has 1 saturated heterocycles. The first kappa shape index (κ1) is 16.9. The molecule has 3 rings (SSSR count). The van der Waals surface area contributed by atoms with Crippen molar-refractivity contribution in [3.63, 3.8) is 0 Å². The molecule has 0 bridgehead atoms. The van der Waals surface area contributed by atoms with Crippen LogP contribution in [0.15, 0.2) is 48.7 Å². The van der Waals surface area contributed by atoms with E-state index < -0.39 is 6.04 Å². The van der Waals surface area contributed by atoms with E-state index in [-0.39, 0.29) is 5.91 Å². The molecule has 0 radical (unpaired) electrons. The minimum Gasteiger partial charge on any atom is -0.369 e. The normalized spacial score (nSPS) is 18.4. The SMILES string of the molecule is N#Cc1cccnc1NC[C@@H]1CCN([C@H](C(N)=O)c2ccccc2)C1. The van der Waals surface area contributed by atoms with E-state index in [1.165, 1.54) is 0 Å². The number of nitrogens with one attached hydrogen (secondary N) is 1. The van der Waals surface area contributed by atoms with Crippen LogP contribution in [0.2, 0.25) is 0 Å². The molecule has 6 heteroatoms. The smallest absolute Gasteiger partial charge is 0.239 e. The molecule has 1 aliphatic heterocycles. The first-order chi connectivity index (χ1) is 12.2. The summed E-state index contributed by atoms with van der Waals surface area (Å²) in [6.07, 6.45) is 2.64. The van der Waals surface area contributed by atoms with Gasteiger partial charge in [0.2, 0.25) is 5.91 Å². The van der Waals surface area contributed by atoms with Crippen molar-refractivity contribution in [2.45, 2.75) is 12.5 Å². The van der Waals surface area contributed by atoms with Crippen LogP contribution < -0.4 is 11.1 Å². The number of anilines is 1. The van der Waals surface area contributed by atoms with Crippen molar-refractivity contribution >= 4 is 11.7 Å². The summed E-state index contributed by atoms with van der Waals surface area (Å²) in [7, 11) is 0. The van der Waals surface area contributed by atoms with E-state index in [9.17, 15) is 4.79 Å². The van der Waals surface area contributed by atoms with Gasteiger partial charge in [0, 0.05) is 19.3 Å². The van der Waals surface area contributed by atoms with E-state index in [1.807, 2.05) is 30.3 Å². The first-order valence-corrected chi connectivity index (χ1v) is 8.36. The minimum atomic E-state index is -0.393. The number of nitrogens with two attached hydrogens (primary N) is 1. The minimum absolute atomic E-state index is 0.323. The van der Waals surface area contributed by atoms with Crippen LogP contribution >= 0.6 is 0 Å². The molecule has 128 valence electrons. The molecule has 0 saturated carbocycles. The average molecular weight is 335 g/mol. The van der Waals surface area contributed by atoms with Crippen molar-refractivity contribution in [3.8, 4) is 6.07 Å². The number of primary amides is 1. The van der Waals surface area contributed by atoms with E-state index in [2.05, 4.69) is 21.3 Å². The van der Waals surface area contributed by atoms with Gasteiger partial charge < -0.3 is 11.1 Å². The number of hydrogen-bond acceptors (Lipinski definition) is 5. The lowest BCUT2D eigenvalue weighted by molar-refractivity contribution is -0.123. The number of carbonyl (C=O) groups is 1. The number of benzene rings is 1. The van der Waals surface area contributed by atoms with Crippen LogP contribution in [0.25, 0.3) is 0 Å². The van der Waals surface area contributed by atoms with Crippen LogP contribution in [0.5, 0.6) is 0 Å². The summed E-state index contributed by atoms with van der Waals surface area (Å²) in [6.45, 7) is 2.31. The lowest BCUT2D eigenvalue weighted by Crippen LogP contribution is -2.36. The second-order valence-electron chi connectivity index (χ2n) is 6.26. The highest BCUT2D eigenvalue weighted by Crippen LogP contribution is 2.28. The molecule has 25 heavy (non-hydrogen) atoms. The third-order valence-corrected chi connectivity index (χ3v) is 4.55. The van der Waals surface area contributed by atoms with Gasteiger partial charge in [-0.15, -0.1) is 0 Å². The Bertz CT molecular complexity index is 771. The Hall–Kier alpha value is -2.91. The zero-order valence-corrected chi connectivity index (χ0v) is 13.9. The standard InChI is InChI=1S/C19H21N5O/c20-11-16-7-4-9-22-19(16)23-12-14-8-10-24(13-14)17(18(21)25)15-5-2-1-3-6-15/h1-7,9,14,17H,8,10,12-13H2,(H2,21,25)(H,22,23)/t14-,17-/m0/s1. The Balaban J connectivity index is 1.63. The molecule has 6 nitrogen and oxygen atoms in total. The van der Waals surface area contributed by atoms with Gasteiger partial charge in [0.05, 0.1) is 5.56 Å². The van der Waals surface area contributed by atoms with Gasteiger partial charge in [-0.25, -0.2) is 4.98 Å². The summed E-state index contributed by atoms with van der Waals surface area (Å²) in [5.74, 6) is 0.661. The Morgan fingerprint density at radius 1 is 1.36 bits per heavy atom. The number of likely N-dealkylation sites (tertiary alicyclic amines) is 1. The lowest BCUT2D eigenvalue weighted by atomic mass is 10.0. The number of rotatable bonds is 6. The van der Waals surface area contributed by atoms with Gasteiger partial charge in [0.1, 0.15) is 17.9 Å². The molecule has 1 aromatic carbocycles. The van der Waals surface area contributed by atoms with Crippen LogP contribution in [0.1, 0.15) is 23.6 Å². The quantitative estimate of drug-likeness (QED) is 0.841. The second-order valence-corrected chi connectivity index (χ2v) is 6.26. The van der Waals surface area contributed by atoms with Gasteiger partial charge in [0.25, 0.3) is 0 Å². The number of hydrogen-bond donors (Lipinski definition) is 2. The molecule has 2 aromatic rings. The monoisotopic (exact) mass is 335 g/mol. The molecule has 0 unspecified atom stereocenters. The predicted octanol–water partition coefficient (Wildman–Crippen LogP) is 1.91. The van der Waals surface area contributed by atoms with E-state index >= 15 is 0 Å². The summed E-state index contributed by atoms with van der Waals surface area (Å²) in [5.41, 5.74) is 7.12. The molecule has 2 heterocycles. The Morgan fingerprint density at radius 2 is 2.16 bits per heavy atom. The van der Waals surface area contributed by atoms with Gasteiger partial charge in [-0.3, -0.25) is 9.69 Å². The van der Waals surface area contributed by atoms with Crippen LogP contribution in [-0.2, 0) is 4.79 Å². The van der Waals surface area contributed by atoms with E-state index in [0.29, 0.717) is 23.8 Å². The molecule has 3 N–H and O–H groups in total. The number of nitriles is 1. The molecule has 0 spiro atoms. The third kappa shape index (κ3) is 3.95. The van der Waals surface area contributed by atoms with Crippen LogP contribution in [0.4, 0.5) is 5.82 Å². The van der Waals surface area contributed by atoms with Crippen LogP contribution in [-0.4, -0.2) is 35.4 Å². The molecular weight excluding hydrogens is 314 g/mol.